The van der Waals surface area contributed by atoms with Gasteiger partial charge in [0.2, 0.25) is 10.0 Å². The molecule has 2 heterocycles. The summed E-state index contributed by atoms with van der Waals surface area (Å²) in [4.78, 5) is 0.324. The first-order chi connectivity index (χ1) is 9.95. The van der Waals surface area contributed by atoms with Crippen LogP contribution in [0.4, 0.5) is 0 Å². The fraction of sp³-hybridized carbons (Fsp3) is 0.769. The molecule has 2 rings (SSSR count). The smallest absolute Gasteiger partial charge is 0.244 e. The van der Waals surface area contributed by atoms with Crippen molar-refractivity contribution in [2.75, 3.05) is 24.6 Å². The van der Waals surface area contributed by atoms with E-state index in [0.29, 0.717) is 41.8 Å². The molecule has 8 heteroatoms. The van der Waals surface area contributed by atoms with Gasteiger partial charge in [-0.3, -0.25) is 4.68 Å². The maximum Gasteiger partial charge on any atom is 0.244 e. The van der Waals surface area contributed by atoms with Gasteiger partial charge < -0.3 is 5.73 Å². The van der Waals surface area contributed by atoms with E-state index in [1.165, 1.54) is 0 Å². The Hall–Kier alpha value is -0.570. The van der Waals surface area contributed by atoms with E-state index in [1.54, 1.807) is 18.5 Å². The average molecular weight is 332 g/mol. The second-order valence-electron chi connectivity index (χ2n) is 5.45. The molecule has 0 aromatic carbocycles. The lowest BCUT2D eigenvalue weighted by Gasteiger charge is -2.11. The molecule has 120 valence electrons. The molecule has 1 aromatic heterocycles. The zero-order valence-corrected chi connectivity index (χ0v) is 14.3. The Kier molecular flexibility index (Phi) is 5.70. The van der Waals surface area contributed by atoms with Crippen LogP contribution in [0.3, 0.4) is 0 Å². The number of aromatic nitrogens is 2. The van der Waals surface area contributed by atoms with E-state index in [-0.39, 0.29) is 0 Å². The van der Waals surface area contributed by atoms with Crippen molar-refractivity contribution in [3.05, 3.63) is 11.4 Å². The SMILES string of the molecule is Cc1nn(CCCN)c(C)c1S(=O)(=O)NCC1CCSC1. The fourth-order valence-corrected chi connectivity index (χ4v) is 5.38. The Morgan fingerprint density at radius 1 is 1.48 bits per heavy atom. The average Bonchev–Trinajstić information content (AvgIpc) is 3.03. The molecule has 3 N–H and O–H groups in total. The van der Waals surface area contributed by atoms with Crippen molar-refractivity contribution in [3.8, 4) is 0 Å². The quantitative estimate of drug-likeness (QED) is 0.773. The molecule has 1 aliphatic rings. The van der Waals surface area contributed by atoms with Crippen molar-refractivity contribution < 1.29 is 8.42 Å². The van der Waals surface area contributed by atoms with Crippen LogP contribution in [0.1, 0.15) is 24.2 Å². The Balaban J connectivity index is 2.13. The minimum Gasteiger partial charge on any atom is -0.330 e. The molecular formula is C13H24N4O2S2. The van der Waals surface area contributed by atoms with Gasteiger partial charge in [0.15, 0.2) is 0 Å². The summed E-state index contributed by atoms with van der Waals surface area (Å²) < 4.78 is 29.5. The molecule has 0 amide bonds. The standard InChI is InChI=1S/C13H24N4O2S2/c1-10-13(11(2)17(16-10)6-3-5-14)21(18,19)15-8-12-4-7-20-9-12/h12,15H,3-9,14H2,1-2H3. The van der Waals surface area contributed by atoms with Gasteiger partial charge in [-0.25, -0.2) is 13.1 Å². The van der Waals surface area contributed by atoms with Gasteiger partial charge in [0.1, 0.15) is 4.90 Å². The van der Waals surface area contributed by atoms with Crippen LogP contribution in [-0.4, -0.2) is 42.8 Å². The van der Waals surface area contributed by atoms with Crippen LogP contribution in [0.25, 0.3) is 0 Å². The molecule has 0 spiro atoms. The molecule has 1 fully saturated rings. The minimum atomic E-state index is -3.49. The Morgan fingerprint density at radius 3 is 2.86 bits per heavy atom. The predicted octanol–water partition coefficient (Wildman–Crippen LogP) is 0.880. The lowest BCUT2D eigenvalue weighted by Crippen LogP contribution is -2.30. The van der Waals surface area contributed by atoms with Gasteiger partial charge in [-0.15, -0.1) is 0 Å². The number of rotatable bonds is 7. The topological polar surface area (TPSA) is 90.0 Å². The number of thioether (sulfide) groups is 1. The first-order valence-corrected chi connectivity index (χ1v) is 9.91. The molecule has 1 unspecified atom stereocenters. The summed E-state index contributed by atoms with van der Waals surface area (Å²) in [6.45, 7) is 5.28. The van der Waals surface area contributed by atoms with Gasteiger partial charge in [-0.05, 0) is 50.7 Å². The zero-order valence-electron chi connectivity index (χ0n) is 12.6. The van der Waals surface area contributed by atoms with Gasteiger partial charge >= 0.3 is 0 Å². The molecule has 1 aliphatic heterocycles. The van der Waals surface area contributed by atoms with Gasteiger partial charge in [-0.1, -0.05) is 0 Å². The number of sulfonamides is 1. The number of aryl methyl sites for hydroxylation is 2. The summed E-state index contributed by atoms with van der Waals surface area (Å²) in [5, 5.41) is 4.33. The van der Waals surface area contributed by atoms with Crippen LogP contribution >= 0.6 is 11.8 Å². The number of nitrogens with two attached hydrogens (primary N) is 1. The van der Waals surface area contributed by atoms with Crippen molar-refractivity contribution >= 4 is 21.8 Å². The number of hydrogen-bond acceptors (Lipinski definition) is 5. The Morgan fingerprint density at radius 2 is 2.24 bits per heavy atom. The van der Waals surface area contributed by atoms with Gasteiger partial charge in [-0.2, -0.15) is 16.9 Å². The minimum absolute atomic E-state index is 0.324. The van der Waals surface area contributed by atoms with Crippen LogP contribution in [-0.2, 0) is 16.6 Å². The second-order valence-corrected chi connectivity index (χ2v) is 8.30. The van der Waals surface area contributed by atoms with E-state index < -0.39 is 10.0 Å². The van der Waals surface area contributed by atoms with Gasteiger partial charge in [0.05, 0.1) is 11.4 Å². The van der Waals surface area contributed by atoms with Crippen molar-refractivity contribution in [1.82, 2.24) is 14.5 Å². The molecule has 0 aliphatic carbocycles. The van der Waals surface area contributed by atoms with Gasteiger partial charge in [0, 0.05) is 13.1 Å². The predicted molar refractivity (Wildman–Crippen MR) is 86.0 cm³/mol. The molecule has 1 saturated heterocycles. The third kappa shape index (κ3) is 4.00. The molecule has 21 heavy (non-hydrogen) atoms. The van der Waals surface area contributed by atoms with Crippen molar-refractivity contribution in [3.63, 3.8) is 0 Å². The van der Waals surface area contributed by atoms with Crippen LogP contribution in [0.5, 0.6) is 0 Å². The van der Waals surface area contributed by atoms with E-state index in [2.05, 4.69) is 9.82 Å². The Bertz CT molecular complexity index is 577. The summed E-state index contributed by atoms with van der Waals surface area (Å²) >= 11 is 1.88. The number of nitrogens with one attached hydrogen (secondary N) is 1. The van der Waals surface area contributed by atoms with Gasteiger partial charge in [0.25, 0.3) is 0 Å². The third-order valence-corrected chi connectivity index (χ3v) is 6.65. The van der Waals surface area contributed by atoms with Crippen molar-refractivity contribution in [2.45, 2.75) is 38.1 Å². The zero-order chi connectivity index (χ0) is 15.5. The highest BCUT2D eigenvalue weighted by Crippen LogP contribution is 2.24. The first-order valence-electron chi connectivity index (χ1n) is 7.27. The van der Waals surface area contributed by atoms with Crippen LogP contribution in [0.15, 0.2) is 4.90 Å². The lowest BCUT2D eigenvalue weighted by atomic mass is 10.1. The summed E-state index contributed by atoms with van der Waals surface area (Å²) in [7, 11) is -3.49. The lowest BCUT2D eigenvalue weighted by molar-refractivity contribution is 0.543. The third-order valence-electron chi connectivity index (χ3n) is 3.74. The van der Waals surface area contributed by atoms with Crippen LogP contribution in [0, 0.1) is 19.8 Å². The highest BCUT2D eigenvalue weighted by molar-refractivity contribution is 7.99. The normalized spacial score (nSPS) is 19.3. The monoisotopic (exact) mass is 332 g/mol. The molecule has 6 nitrogen and oxygen atoms in total. The molecule has 1 aromatic rings. The first kappa shape index (κ1) is 16.8. The molecule has 1 atom stereocenters. The van der Waals surface area contributed by atoms with E-state index in [1.807, 2.05) is 11.8 Å². The second kappa shape index (κ2) is 7.13. The van der Waals surface area contributed by atoms with Crippen molar-refractivity contribution in [1.29, 1.82) is 0 Å². The largest absolute Gasteiger partial charge is 0.330 e. The highest BCUT2D eigenvalue weighted by atomic mass is 32.2. The van der Waals surface area contributed by atoms with Crippen LogP contribution < -0.4 is 10.5 Å². The molecule has 0 radical (unpaired) electrons. The summed E-state index contributed by atoms with van der Waals surface area (Å²) in [6.07, 6.45) is 1.87. The summed E-state index contributed by atoms with van der Waals surface area (Å²) in [5.41, 5.74) is 6.74. The van der Waals surface area contributed by atoms with E-state index in [9.17, 15) is 8.42 Å². The maximum absolute atomic E-state index is 12.5. The fourth-order valence-electron chi connectivity index (χ4n) is 2.57. The number of nitrogens with zero attached hydrogens (tertiary/aromatic N) is 2. The molecule has 0 bridgehead atoms. The van der Waals surface area contributed by atoms with Crippen LogP contribution in [0.2, 0.25) is 0 Å². The molecular weight excluding hydrogens is 308 g/mol. The maximum atomic E-state index is 12.5. The van der Waals surface area contributed by atoms with Crippen molar-refractivity contribution in [2.24, 2.45) is 11.7 Å². The Labute approximate surface area is 130 Å². The number of hydrogen-bond donors (Lipinski definition) is 2. The van der Waals surface area contributed by atoms with E-state index in [4.69, 9.17) is 5.73 Å². The summed E-state index contributed by atoms with van der Waals surface area (Å²) in [5.74, 6) is 2.61. The van der Waals surface area contributed by atoms with E-state index in [0.717, 1.165) is 24.3 Å². The highest BCUT2D eigenvalue weighted by Gasteiger charge is 2.26. The summed E-state index contributed by atoms with van der Waals surface area (Å²) in [6, 6.07) is 0. The van der Waals surface area contributed by atoms with E-state index >= 15 is 0 Å². The molecule has 0 saturated carbocycles.